The minimum Gasteiger partial charge on any atom is -0.470 e. The molecule has 0 aliphatic carbocycles. The quantitative estimate of drug-likeness (QED) is 0.832. The molecule has 0 N–H and O–H groups in total. The van der Waals surface area contributed by atoms with Gasteiger partial charge in [-0.05, 0) is 25.0 Å². The predicted molar refractivity (Wildman–Crippen MR) is 77.6 cm³/mol. The Morgan fingerprint density at radius 2 is 2.36 bits per heavy atom. The number of hydrogen-bond acceptors (Lipinski definition) is 5. The minimum absolute atomic E-state index is 0.0380. The van der Waals surface area contributed by atoms with Crippen LogP contribution >= 0.6 is 0 Å². The smallest absolute Gasteiger partial charge is 0.250 e. The number of piperidine rings is 1. The van der Waals surface area contributed by atoms with Crippen LogP contribution in [-0.4, -0.2) is 55.4 Å². The van der Waals surface area contributed by atoms with Crippen molar-refractivity contribution < 1.29 is 22.3 Å². The molecule has 3 heterocycles. The summed E-state index contributed by atoms with van der Waals surface area (Å²) < 4.78 is 49.9. The van der Waals surface area contributed by atoms with Crippen molar-refractivity contribution in [3.63, 3.8) is 0 Å². The Kier molecular flexibility index (Phi) is 4.09. The van der Waals surface area contributed by atoms with Gasteiger partial charge in [0.05, 0.1) is 18.5 Å². The summed E-state index contributed by atoms with van der Waals surface area (Å²) >= 11 is 0. The molecular formula is C14H19FN2O4S. The average Bonchev–Trinajstić information content (AvgIpc) is 2.83. The van der Waals surface area contributed by atoms with Crippen LogP contribution in [0.1, 0.15) is 19.3 Å². The van der Waals surface area contributed by atoms with E-state index >= 15 is 0 Å². The van der Waals surface area contributed by atoms with E-state index in [-0.39, 0.29) is 12.0 Å². The van der Waals surface area contributed by atoms with Gasteiger partial charge in [-0.15, -0.1) is 0 Å². The lowest BCUT2D eigenvalue weighted by atomic mass is 9.90. The van der Waals surface area contributed by atoms with Crippen LogP contribution in [-0.2, 0) is 14.8 Å². The van der Waals surface area contributed by atoms with Crippen LogP contribution in [0.4, 0.5) is 4.39 Å². The molecule has 1 aromatic rings. The number of hydrogen-bond donors (Lipinski definition) is 0. The van der Waals surface area contributed by atoms with Gasteiger partial charge in [0.25, 0.3) is 5.88 Å². The minimum atomic E-state index is -3.23. The summed E-state index contributed by atoms with van der Waals surface area (Å²) in [5, 5.41) is 0. The maximum absolute atomic E-state index is 13.6. The lowest BCUT2D eigenvalue weighted by Gasteiger charge is -2.38. The van der Waals surface area contributed by atoms with Gasteiger partial charge >= 0.3 is 0 Å². The van der Waals surface area contributed by atoms with Crippen molar-refractivity contribution in [2.75, 3.05) is 26.0 Å². The van der Waals surface area contributed by atoms with Crippen LogP contribution in [0.3, 0.4) is 0 Å². The molecule has 8 heteroatoms. The topological polar surface area (TPSA) is 68.7 Å². The zero-order valence-electron chi connectivity index (χ0n) is 12.4. The zero-order valence-corrected chi connectivity index (χ0v) is 13.2. The fourth-order valence-electron chi connectivity index (χ4n) is 3.12. The Morgan fingerprint density at radius 3 is 3.09 bits per heavy atom. The van der Waals surface area contributed by atoms with Crippen molar-refractivity contribution in [1.29, 1.82) is 0 Å². The van der Waals surface area contributed by atoms with Crippen LogP contribution in [0.15, 0.2) is 18.3 Å². The van der Waals surface area contributed by atoms with Crippen molar-refractivity contribution in [1.82, 2.24) is 9.29 Å². The molecule has 2 fully saturated rings. The Labute approximate surface area is 129 Å². The first-order chi connectivity index (χ1) is 10.4. The second-order valence-corrected chi connectivity index (χ2v) is 7.91. The van der Waals surface area contributed by atoms with Crippen LogP contribution in [0.2, 0.25) is 0 Å². The monoisotopic (exact) mass is 330 g/mol. The van der Waals surface area contributed by atoms with Crippen molar-refractivity contribution in [3.8, 4) is 5.88 Å². The maximum atomic E-state index is 13.6. The number of pyridine rings is 1. The van der Waals surface area contributed by atoms with Gasteiger partial charge in [0.1, 0.15) is 6.10 Å². The third kappa shape index (κ3) is 3.23. The molecule has 0 unspecified atom stereocenters. The molecule has 2 atom stereocenters. The van der Waals surface area contributed by atoms with Gasteiger partial charge in [-0.3, -0.25) is 0 Å². The summed E-state index contributed by atoms with van der Waals surface area (Å²) in [7, 11) is -3.23. The standard InChI is InChI=1S/C14H19FN2O4S/c1-22(18,19)17-7-3-5-14(10-17)8-11(9-20-14)21-13-12(15)4-2-6-16-13/h2,4,6,11H,3,5,7-10H2,1H3/t11-,14+/m1/s1. The van der Waals surface area contributed by atoms with Gasteiger partial charge in [0.15, 0.2) is 5.82 Å². The van der Waals surface area contributed by atoms with Gasteiger partial charge in [-0.2, -0.15) is 4.31 Å². The lowest BCUT2D eigenvalue weighted by Crippen LogP contribution is -2.49. The SMILES string of the molecule is CS(=O)(=O)N1CCC[C@]2(C[C@@H](Oc3ncccc3F)CO2)C1. The molecule has 0 radical (unpaired) electrons. The van der Waals surface area contributed by atoms with Gasteiger partial charge in [-0.25, -0.2) is 17.8 Å². The molecule has 1 spiro atoms. The molecule has 3 rings (SSSR count). The van der Waals surface area contributed by atoms with Crippen molar-refractivity contribution >= 4 is 10.0 Å². The molecule has 6 nitrogen and oxygen atoms in total. The summed E-state index contributed by atoms with van der Waals surface area (Å²) in [5.41, 5.74) is -0.531. The highest BCUT2D eigenvalue weighted by Crippen LogP contribution is 2.36. The highest BCUT2D eigenvalue weighted by molar-refractivity contribution is 7.88. The Bertz CT molecular complexity index is 654. The summed E-state index contributed by atoms with van der Waals surface area (Å²) in [5.74, 6) is -0.547. The predicted octanol–water partition coefficient (Wildman–Crippen LogP) is 1.18. The molecule has 0 amide bonds. The van der Waals surface area contributed by atoms with Crippen molar-refractivity contribution in [2.45, 2.75) is 31.0 Å². The van der Waals surface area contributed by atoms with E-state index < -0.39 is 21.4 Å². The fraction of sp³-hybridized carbons (Fsp3) is 0.643. The first-order valence-electron chi connectivity index (χ1n) is 7.24. The normalized spacial score (nSPS) is 29.8. The molecule has 1 aromatic heterocycles. The van der Waals surface area contributed by atoms with Gasteiger partial charge in [0.2, 0.25) is 10.0 Å². The molecule has 122 valence electrons. The lowest BCUT2D eigenvalue weighted by molar-refractivity contribution is -0.0337. The van der Waals surface area contributed by atoms with Crippen LogP contribution in [0.25, 0.3) is 0 Å². The molecule has 0 aromatic carbocycles. The van der Waals surface area contributed by atoms with E-state index in [0.29, 0.717) is 26.1 Å². The molecule has 2 aliphatic rings. The number of ether oxygens (including phenoxy) is 2. The molecular weight excluding hydrogens is 311 g/mol. The molecule has 0 saturated carbocycles. The Hall–Kier alpha value is -1.25. The second-order valence-electron chi connectivity index (χ2n) is 5.93. The van der Waals surface area contributed by atoms with E-state index in [4.69, 9.17) is 9.47 Å². The number of rotatable bonds is 3. The third-order valence-electron chi connectivity index (χ3n) is 4.15. The molecule has 22 heavy (non-hydrogen) atoms. The van der Waals surface area contributed by atoms with E-state index in [0.717, 1.165) is 12.8 Å². The first-order valence-corrected chi connectivity index (χ1v) is 9.09. The number of aromatic nitrogens is 1. The van der Waals surface area contributed by atoms with E-state index in [1.54, 1.807) is 0 Å². The first kappa shape index (κ1) is 15.6. The fourth-order valence-corrected chi connectivity index (χ4v) is 4.05. The van der Waals surface area contributed by atoms with E-state index in [1.807, 2.05) is 0 Å². The van der Waals surface area contributed by atoms with Crippen molar-refractivity contribution in [3.05, 3.63) is 24.1 Å². The maximum Gasteiger partial charge on any atom is 0.250 e. The summed E-state index contributed by atoms with van der Waals surface area (Å²) in [6, 6.07) is 2.79. The summed E-state index contributed by atoms with van der Waals surface area (Å²) in [4.78, 5) is 3.87. The largest absolute Gasteiger partial charge is 0.470 e. The van der Waals surface area contributed by atoms with E-state index in [1.165, 1.54) is 28.9 Å². The number of halogens is 1. The van der Waals surface area contributed by atoms with E-state index in [2.05, 4.69) is 4.98 Å². The highest BCUT2D eigenvalue weighted by atomic mass is 32.2. The van der Waals surface area contributed by atoms with Gasteiger partial charge in [-0.1, -0.05) is 0 Å². The van der Waals surface area contributed by atoms with E-state index in [9.17, 15) is 12.8 Å². The Balaban J connectivity index is 1.68. The van der Waals surface area contributed by atoms with Gasteiger partial charge in [0, 0.05) is 25.7 Å². The van der Waals surface area contributed by atoms with Gasteiger partial charge < -0.3 is 9.47 Å². The molecule has 2 saturated heterocycles. The number of nitrogens with zero attached hydrogens (tertiary/aromatic N) is 2. The Morgan fingerprint density at radius 1 is 1.55 bits per heavy atom. The van der Waals surface area contributed by atoms with Crippen LogP contribution < -0.4 is 4.74 Å². The summed E-state index contributed by atoms with van der Waals surface area (Å²) in [6.45, 7) is 1.16. The third-order valence-corrected chi connectivity index (χ3v) is 5.40. The zero-order chi connectivity index (χ0) is 15.8. The second kappa shape index (κ2) is 5.75. The van der Waals surface area contributed by atoms with Crippen LogP contribution in [0.5, 0.6) is 5.88 Å². The van der Waals surface area contributed by atoms with Crippen LogP contribution in [0, 0.1) is 5.82 Å². The molecule has 0 bridgehead atoms. The molecule has 2 aliphatic heterocycles. The van der Waals surface area contributed by atoms with Crippen molar-refractivity contribution in [2.24, 2.45) is 0 Å². The number of sulfonamides is 1. The average molecular weight is 330 g/mol. The summed E-state index contributed by atoms with van der Waals surface area (Å²) in [6.07, 6.45) is 4.42. The highest BCUT2D eigenvalue weighted by Gasteiger charge is 2.46.